The number of hydrogen-bond donors (Lipinski definition) is 0. The van der Waals surface area contributed by atoms with Gasteiger partial charge in [-0.1, -0.05) is 6.07 Å². The maximum atomic E-state index is 12.7. The molecular formula is C21H17N3O2. The van der Waals surface area contributed by atoms with Crippen molar-refractivity contribution < 1.29 is 9.53 Å². The molecule has 0 amide bonds. The zero-order valence-electron chi connectivity index (χ0n) is 14.5. The van der Waals surface area contributed by atoms with Gasteiger partial charge >= 0.3 is 5.97 Å². The third-order valence-corrected chi connectivity index (χ3v) is 4.38. The highest BCUT2D eigenvalue weighted by Crippen LogP contribution is 2.24. The fourth-order valence-electron chi connectivity index (χ4n) is 3.14. The van der Waals surface area contributed by atoms with Crippen LogP contribution in [0.4, 0.5) is 0 Å². The number of pyridine rings is 2. The molecule has 1 aromatic carbocycles. The molecule has 4 rings (SSSR count). The SMILES string of the molecule is Cc1cc(C(=O)Oc2ccc3ccncc3c2)c(C)n1-c1cccnc1. The van der Waals surface area contributed by atoms with Crippen molar-refractivity contribution in [3.8, 4) is 11.4 Å². The highest BCUT2D eigenvalue weighted by molar-refractivity contribution is 5.93. The minimum atomic E-state index is -0.378. The number of nitrogens with zero attached hydrogens (tertiary/aromatic N) is 3. The lowest BCUT2D eigenvalue weighted by Gasteiger charge is -2.09. The average Bonchev–Trinajstić information content (AvgIpc) is 2.96. The first-order valence-corrected chi connectivity index (χ1v) is 8.29. The van der Waals surface area contributed by atoms with Crippen molar-refractivity contribution in [1.29, 1.82) is 0 Å². The number of carbonyl (C=O) groups excluding carboxylic acids is 1. The summed E-state index contributed by atoms with van der Waals surface area (Å²) in [6.07, 6.45) is 6.98. The number of esters is 1. The molecule has 0 unspecified atom stereocenters. The zero-order valence-corrected chi connectivity index (χ0v) is 14.5. The van der Waals surface area contributed by atoms with E-state index in [0.29, 0.717) is 11.3 Å². The number of carbonyl (C=O) groups is 1. The second-order valence-electron chi connectivity index (χ2n) is 6.11. The Bertz CT molecular complexity index is 1100. The molecule has 128 valence electrons. The predicted molar refractivity (Wildman–Crippen MR) is 99.7 cm³/mol. The van der Waals surface area contributed by atoms with Gasteiger partial charge in [-0.25, -0.2) is 4.79 Å². The van der Waals surface area contributed by atoms with Crippen LogP contribution < -0.4 is 4.74 Å². The van der Waals surface area contributed by atoms with Crippen LogP contribution in [-0.4, -0.2) is 20.5 Å². The highest BCUT2D eigenvalue weighted by atomic mass is 16.5. The summed E-state index contributed by atoms with van der Waals surface area (Å²) >= 11 is 0. The largest absolute Gasteiger partial charge is 0.423 e. The first-order valence-electron chi connectivity index (χ1n) is 8.29. The molecule has 5 nitrogen and oxygen atoms in total. The van der Waals surface area contributed by atoms with E-state index in [1.807, 2.05) is 54.8 Å². The summed E-state index contributed by atoms with van der Waals surface area (Å²) in [5, 5.41) is 1.98. The summed E-state index contributed by atoms with van der Waals surface area (Å²) in [6.45, 7) is 3.86. The van der Waals surface area contributed by atoms with E-state index in [0.717, 1.165) is 27.8 Å². The Hall–Kier alpha value is -3.47. The molecule has 5 heteroatoms. The van der Waals surface area contributed by atoms with Crippen molar-refractivity contribution in [1.82, 2.24) is 14.5 Å². The van der Waals surface area contributed by atoms with Crippen molar-refractivity contribution in [2.24, 2.45) is 0 Å². The summed E-state index contributed by atoms with van der Waals surface area (Å²) < 4.78 is 7.59. The lowest BCUT2D eigenvalue weighted by molar-refractivity contribution is 0.0734. The molecule has 4 aromatic rings. The Morgan fingerprint density at radius 2 is 1.81 bits per heavy atom. The molecule has 0 aliphatic carbocycles. The van der Waals surface area contributed by atoms with Crippen molar-refractivity contribution in [2.45, 2.75) is 13.8 Å². The first-order chi connectivity index (χ1) is 12.6. The van der Waals surface area contributed by atoms with Crippen molar-refractivity contribution >= 4 is 16.7 Å². The third kappa shape index (κ3) is 2.84. The van der Waals surface area contributed by atoms with E-state index >= 15 is 0 Å². The van der Waals surface area contributed by atoms with Crippen LogP contribution in [0.1, 0.15) is 21.7 Å². The third-order valence-electron chi connectivity index (χ3n) is 4.38. The van der Waals surface area contributed by atoms with Crippen molar-refractivity contribution in [3.63, 3.8) is 0 Å². The van der Waals surface area contributed by atoms with Crippen LogP contribution in [-0.2, 0) is 0 Å². The molecule has 0 bridgehead atoms. The second-order valence-corrected chi connectivity index (χ2v) is 6.11. The smallest absolute Gasteiger partial charge is 0.345 e. The van der Waals surface area contributed by atoms with Crippen LogP contribution in [0, 0.1) is 13.8 Å². The minimum Gasteiger partial charge on any atom is -0.423 e. The molecule has 3 aromatic heterocycles. The molecule has 0 saturated carbocycles. The van der Waals surface area contributed by atoms with Gasteiger partial charge in [0, 0.05) is 35.4 Å². The number of hydrogen-bond acceptors (Lipinski definition) is 4. The molecule has 0 saturated heterocycles. The topological polar surface area (TPSA) is 57.0 Å². The van der Waals surface area contributed by atoms with E-state index < -0.39 is 0 Å². The first kappa shape index (κ1) is 16.0. The molecule has 0 N–H and O–H groups in total. The summed E-state index contributed by atoms with van der Waals surface area (Å²) in [5.74, 6) is 0.123. The lowest BCUT2D eigenvalue weighted by atomic mass is 10.2. The van der Waals surface area contributed by atoms with Crippen molar-refractivity contribution in [3.05, 3.63) is 84.2 Å². The van der Waals surface area contributed by atoms with Gasteiger partial charge in [0.15, 0.2) is 0 Å². The van der Waals surface area contributed by atoms with Gasteiger partial charge in [-0.2, -0.15) is 0 Å². The fourth-order valence-corrected chi connectivity index (χ4v) is 3.14. The Morgan fingerprint density at radius 1 is 0.962 bits per heavy atom. The Balaban J connectivity index is 1.66. The average molecular weight is 343 g/mol. The van der Waals surface area contributed by atoms with Crippen LogP contribution in [0.25, 0.3) is 16.5 Å². The molecular weight excluding hydrogens is 326 g/mol. The van der Waals surface area contributed by atoms with Crippen LogP contribution in [0.2, 0.25) is 0 Å². The number of aryl methyl sites for hydroxylation is 1. The number of fused-ring (bicyclic) bond motifs is 1. The number of ether oxygens (including phenoxy) is 1. The highest BCUT2D eigenvalue weighted by Gasteiger charge is 2.18. The molecule has 0 aliphatic rings. The second kappa shape index (κ2) is 6.44. The Morgan fingerprint density at radius 3 is 2.62 bits per heavy atom. The molecule has 0 spiro atoms. The quantitative estimate of drug-likeness (QED) is 0.412. The molecule has 0 fully saturated rings. The summed E-state index contributed by atoms with van der Waals surface area (Å²) in [6, 6.07) is 13.1. The number of rotatable bonds is 3. The van der Waals surface area contributed by atoms with E-state index in [2.05, 4.69) is 9.97 Å². The van der Waals surface area contributed by atoms with Gasteiger partial charge in [-0.15, -0.1) is 0 Å². The summed E-state index contributed by atoms with van der Waals surface area (Å²) in [7, 11) is 0. The number of benzene rings is 1. The monoisotopic (exact) mass is 343 g/mol. The predicted octanol–water partition coefficient (Wildman–Crippen LogP) is 4.26. The van der Waals surface area contributed by atoms with Crippen LogP contribution in [0.5, 0.6) is 5.75 Å². The van der Waals surface area contributed by atoms with Gasteiger partial charge in [-0.3, -0.25) is 9.97 Å². The van der Waals surface area contributed by atoms with Gasteiger partial charge in [0.1, 0.15) is 5.75 Å². The molecule has 26 heavy (non-hydrogen) atoms. The lowest BCUT2D eigenvalue weighted by Crippen LogP contribution is -2.10. The minimum absolute atomic E-state index is 0.378. The molecule has 0 aliphatic heterocycles. The maximum Gasteiger partial charge on any atom is 0.345 e. The Labute approximate surface area is 150 Å². The van der Waals surface area contributed by atoms with Gasteiger partial charge in [0.05, 0.1) is 17.4 Å². The van der Waals surface area contributed by atoms with E-state index in [1.54, 1.807) is 30.9 Å². The number of aromatic nitrogens is 3. The molecule has 0 atom stereocenters. The standard InChI is InChI=1S/C21H17N3O2/c1-14-10-20(15(2)24(14)18-4-3-8-22-13-18)21(25)26-19-6-5-16-7-9-23-12-17(16)11-19/h3-13H,1-2H3. The summed E-state index contributed by atoms with van der Waals surface area (Å²) in [5.41, 5.74) is 3.23. The molecule has 0 radical (unpaired) electrons. The van der Waals surface area contributed by atoms with Crippen LogP contribution in [0.15, 0.2) is 67.3 Å². The normalized spacial score (nSPS) is 10.8. The van der Waals surface area contributed by atoms with Crippen LogP contribution >= 0.6 is 0 Å². The van der Waals surface area contributed by atoms with Gasteiger partial charge in [0.2, 0.25) is 0 Å². The Kier molecular flexibility index (Phi) is 3.97. The van der Waals surface area contributed by atoms with E-state index in [4.69, 9.17) is 4.74 Å². The van der Waals surface area contributed by atoms with Crippen molar-refractivity contribution in [2.75, 3.05) is 0 Å². The maximum absolute atomic E-state index is 12.7. The molecule has 3 heterocycles. The van der Waals surface area contributed by atoms with E-state index in [-0.39, 0.29) is 5.97 Å². The zero-order chi connectivity index (χ0) is 18.1. The van der Waals surface area contributed by atoms with E-state index in [1.165, 1.54) is 0 Å². The van der Waals surface area contributed by atoms with Crippen LogP contribution in [0.3, 0.4) is 0 Å². The van der Waals surface area contributed by atoms with Gasteiger partial charge < -0.3 is 9.30 Å². The summed E-state index contributed by atoms with van der Waals surface area (Å²) in [4.78, 5) is 21.0. The fraction of sp³-hybridized carbons (Fsp3) is 0.0952. The van der Waals surface area contributed by atoms with E-state index in [9.17, 15) is 4.79 Å². The van der Waals surface area contributed by atoms with Gasteiger partial charge in [0.25, 0.3) is 0 Å². The van der Waals surface area contributed by atoms with Gasteiger partial charge in [-0.05, 0) is 55.6 Å².